The second-order valence-electron chi connectivity index (χ2n) is 4.46. The highest BCUT2D eigenvalue weighted by Gasteiger charge is 2.04. The smallest absolute Gasteiger partial charge is 0.136 e. The minimum Gasteiger partial charge on any atom is -0.495 e. The van der Waals surface area contributed by atoms with Gasteiger partial charge in [-0.15, -0.1) is 0 Å². The van der Waals surface area contributed by atoms with Gasteiger partial charge in [0.05, 0.1) is 12.7 Å². The van der Waals surface area contributed by atoms with Gasteiger partial charge >= 0.3 is 0 Å². The summed E-state index contributed by atoms with van der Waals surface area (Å²) < 4.78 is 5.19. The van der Waals surface area contributed by atoms with Crippen LogP contribution in [0, 0.1) is 18.3 Å². The second kappa shape index (κ2) is 6.31. The number of ether oxygens (including phenoxy) is 1. The van der Waals surface area contributed by atoms with E-state index in [-0.39, 0.29) is 0 Å². The predicted octanol–water partition coefficient (Wildman–Crippen LogP) is 4.14. The Labute approximate surface area is 123 Å². The fourth-order valence-corrected chi connectivity index (χ4v) is 2.03. The molecule has 0 aliphatic rings. The SMILES string of the molecule is COc1cc(CNc2ccc(C)c(Cl)c2)ccc1C#N. The predicted molar refractivity (Wildman–Crippen MR) is 81.2 cm³/mol. The molecule has 2 aromatic rings. The molecule has 0 atom stereocenters. The van der Waals surface area contributed by atoms with Crippen molar-refractivity contribution in [3.05, 3.63) is 58.1 Å². The lowest BCUT2D eigenvalue weighted by atomic mass is 10.1. The molecule has 102 valence electrons. The molecule has 0 radical (unpaired) electrons. The van der Waals surface area contributed by atoms with E-state index in [0.29, 0.717) is 17.9 Å². The van der Waals surface area contributed by atoms with Gasteiger partial charge in [-0.25, -0.2) is 0 Å². The topological polar surface area (TPSA) is 45.0 Å². The molecular formula is C16H15ClN2O. The first kappa shape index (κ1) is 14.2. The van der Waals surface area contributed by atoms with Crippen LogP contribution in [0.25, 0.3) is 0 Å². The Kier molecular flexibility index (Phi) is 4.49. The first-order valence-electron chi connectivity index (χ1n) is 6.21. The summed E-state index contributed by atoms with van der Waals surface area (Å²) in [5.41, 5.74) is 3.59. The summed E-state index contributed by atoms with van der Waals surface area (Å²) in [6.45, 7) is 2.61. The Morgan fingerprint density at radius 1 is 1.25 bits per heavy atom. The number of methoxy groups -OCH3 is 1. The van der Waals surface area contributed by atoms with Crippen LogP contribution in [-0.2, 0) is 6.54 Å². The lowest BCUT2D eigenvalue weighted by molar-refractivity contribution is 0.413. The molecular weight excluding hydrogens is 272 g/mol. The second-order valence-corrected chi connectivity index (χ2v) is 4.87. The molecule has 0 unspecified atom stereocenters. The van der Waals surface area contributed by atoms with Crippen molar-refractivity contribution in [2.24, 2.45) is 0 Å². The molecule has 0 aliphatic heterocycles. The van der Waals surface area contributed by atoms with Crippen molar-refractivity contribution in [2.45, 2.75) is 13.5 Å². The quantitative estimate of drug-likeness (QED) is 0.919. The number of halogens is 1. The van der Waals surface area contributed by atoms with E-state index < -0.39 is 0 Å². The molecule has 4 heteroatoms. The molecule has 2 rings (SSSR count). The Morgan fingerprint density at radius 3 is 2.70 bits per heavy atom. The third-order valence-corrected chi connectivity index (χ3v) is 3.46. The molecule has 0 heterocycles. The highest BCUT2D eigenvalue weighted by atomic mass is 35.5. The van der Waals surface area contributed by atoms with Gasteiger partial charge in [0.2, 0.25) is 0 Å². The summed E-state index contributed by atoms with van der Waals surface area (Å²) in [6.07, 6.45) is 0. The van der Waals surface area contributed by atoms with Gasteiger partial charge in [-0.3, -0.25) is 0 Å². The number of hydrogen-bond acceptors (Lipinski definition) is 3. The normalized spacial score (nSPS) is 9.90. The third kappa shape index (κ3) is 3.23. The molecule has 1 N–H and O–H groups in total. The van der Waals surface area contributed by atoms with Gasteiger partial charge in [-0.05, 0) is 42.3 Å². The molecule has 0 aromatic heterocycles. The van der Waals surface area contributed by atoms with E-state index in [1.165, 1.54) is 0 Å². The van der Waals surface area contributed by atoms with Crippen molar-refractivity contribution in [2.75, 3.05) is 12.4 Å². The molecule has 0 saturated heterocycles. The molecule has 3 nitrogen and oxygen atoms in total. The van der Waals surface area contributed by atoms with Gasteiger partial charge in [0.25, 0.3) is 0 Å². The minimum absolute atomic E-state index is 0.537. The van der Waals surface area contributed by atoms with Gasteiger partial charge in [0.15, 0.2) is 0 Å². The number of anilines is 1. The minimum atomic E-state index is 0.537. The zero-order valence-corrected chi connectivity index (χ0v) is 12.2. The first-order valence-corrected chi connectivity index (χ1v) is 6.59. The standard InChI is InChI=1S/C16H15ClN2O/c1-11-3-6-14(8-15(11)17)19-10-12-4-5-13(9-18)16(7-12)20-2/h3-8,19H,10H2,1-2H3. The van der Waals surface area contributed by atoms with Crippen LogP contribution in [-0.4, -0.2) is 7.11 Å². The average Bonchev–Trinajstić information content (AvgIpc) is 2.48. The van der Waals surface area contributed by atoms with Crippen molar-refractivity contribution in [3.8, 4) is 11.8 Å². The van der Waals surface area contributed by atoms with Crippen molar-refractivity contribution in [1.29, 1.82) is 5.26 Å². The van der Waals surface area contributed by atoms with Gasteiger partial charge in [0.1, 0.15) is 11.8 Å². The van der Waals surface area contributed by atoms with Crippen molar-refractivity contribution >= 4 is 17.3 Å². The molecule has 0 saturated carbocycles. The highest BCUT2D eigenvalue weighted by molar-refractivity contribution is 6.31. The fraction of sp³-hybridized carbons (Fsp3) is 0.188. The number of nitrogens with zero attached hydrogens (tertiary/aromatic N) is 1. The van der Waals surface area contributed by atoms with E-state index in [0.717, 1.165) is 21.8 Å². The van der Waals surface area contributed by atoms with Gasteiger partial charge in [-0.2, -0.15) is 5.26 Å². The van der Waals surface area contributed by atoms with E-state index in [1.807, 2.05) is 37.3 Å². The maximum Gasteiger partial charge on any atom is 0.136 e. The number of hydrogen-bond donors (Lipinski definition) is 1. The monoisotopic (exact) mass is 286 g/mol. The van der Waals surface area contributed by atoms with Crippen molar-refractivity contribution < 1.29 is 4.74 Å². The molecule has 20 heavy (non-hydrogen) atoms. The maximum atomic E-state index is 8.94. The summed E-state index contributed by atoms with van der Waals surface area (Å²) >= 11 is 6.09. The Balaban J connectivity index is 2.11. The number of benzene rings is 2. The summed E-state index contributed by atoms with van der Waals surface area (Å²) in [6, 6.07) is 13.5. The third-order valence-electron chi connectivity index (χ3n) is 3.05. The maximum absolute atomic E-state index is 8.94. The van der Waals surface area contributed by atoms with Crippen LogP contribution in [0.3, 0.4) is 0 Å². The molecule has 0 fully saturated rings. The number of rotatable bonds is 4. The lowest BCUT2D eigenvalue weighted by Crippen LogP contribution is -2.00. The highest BCUT2D eigenvalue weighted by Crippen LogP contribution is 2.22. The van der Waals surface area contributed by atoms with Crippen LogP contribution in [0.15, 0.2) is 36.4 Å². The van der Waals surface area contributed by atoms with E-state index in [9.17, 15) is 0 Å². The van der Waals surface area contributed by atoms with E-state index in [1.54, 1.807) is 13.2 Å². The summed E-state index contributed by atoms with van der Waals surface area (Å²) in [5, 5.41) is 13.0. The number of nitriles is 1. The van der Waals surface area contributed by atoms with Crippen LogP contribution in [0.1, 0.15) is 16.7 Å². The van der Waals surface area contributed by atoms with Gasteiger partial charge < -0.3 is 10.1 Å². The summed E-state index contributed by atoms with van der Waals surface area (Å²) in [7, 11) is 1.56. The molecule has 0 bridgehead atoms. The van der Waals surface area contributed by atoms with Gasteiger partial charge in [-0.1, -0.05) is 23.7 Å². The molecule has 0 amide bonds. The molecule has 0 spiro atoms. The zero-order valence-electron chi connectivity index (χ0n) is 11.4. The van der Waals surface area contributed by atoms with Crippen LogP contribution in [0.4, 0.5) is 5.69 Å². The van der Waals surface area contributed by atoms with Gasteiger partial charge in [0, 0.05) is 17.3 Å². The van der Waals surface area contributed by atoms with Crippen LogP contribution in [0.2, 0.25) is 5.02 Å². The van der Waals surface area contributed by atoms with Crippen LogP contribution in [0.5, 0.6) is 5.75 Å². The number of nitrogens with one attached hydrogen (secondary N) is 1. The van der Waals surface area contributed by atoms with Crippen LogP contribution >= 0.6 is 11.6 Å². The largest absolute Gasteiger partial charge is 0.495 e. The van der Waals surface area contributed by atoms with Crippen LogP contribution < -0.4 is 10.1 Å². The molecule has 0 aliphatic carbocycles. The Bertz CT molecular complexity index is 662. The number of aryl methyl sites for hydroxylation is 1. The molecule has 2 aromatic carbocycles. The van der Waals surface area contributed by atoms with E-state index >= 15 is 0 Å². The lowest BCUT2D eigenvalue weighted by Gasteiger charge is -2.10. The Hall–Kier alpha value is -2.18. The summed E-state index contributed by atoms with van der Waals surface area (Å²) in [5.74, 6) is 0.591. The average molecular weight is 287 g/mol. The van der Waals surface area contributed by atoms with E-state index in [4.69, 9.17) is 21.6 Å². The zero-order chi connectivity index (χ0) is 14.5. The first-order chi connectivity index (χ1) is 9.63. The van der Waals surface area contributed by atoms with Crippen molar-refractivity contribution in [3.63, 3.8) is 0 Å². The fourth-order valence-electron chi connectivity index (χ4n) is 1.84. The van der Waals surface area contributed by atoms with Crippen molar-refractivity contribution in [1.82, 2.24) is 0 Å². The summed E-state index contributed by atoms with van der Waals surface area (Å²) in [4.78, 5) is 0. The van der Waals surface area contributed by atoms with E-state index in [2.05, 4.69) is 11.4 Å². The Morgan fingerprint density at radius 2 is 2.05 bits per heavy atom.